The molecule has 1 heterocycles. The number of halogens is 1. The van der Waals surface area contributed by atoms with Crippen LogP contribution in [0.3, 0.4) is 0 Å². The van der Waals surface area contributed by atoms with Gasteiger partial charge in [0.05, 0.1) is 24.1 Å². The third kappa shape index (κ3) is 5.65. The number of aromatic nitrogens is 2. The molecule has 0 aliphatic rings. The number of carbonyl (C=O) groups is 1. The zero-order valence-electron chi connectivity index (χ0n) is 18.7. The van der Waals surface area contributed by atoms with Crippen molar-refractivity contribution < 1.29 is 14.3 Å². The fraction of sp³-hybridized carbons (Fsp3) is 0.231. The lowest BCUT2D eigenvalue weighted by Crippen LogP contribution is -2.29. The monoisotopic (exact) mass is 463 g/mol. The Morgan fingerprint density at radius 2 is 1.70 bits per heavy atom. The van der Waals surface area contributed by atoms with Gasteiger partial charge >= 0.3 is 0 Å². The molecule has 0 spiro atoms. The first-order chi connectivity index (χ1) is 16.0. The number of benzene rings is 3. The fourth-order valence-corrected chi connectivity index (χ4v) is 3.81. The minimum Gasteiger partial charge on any atom is -0.491 e. The van der Waals surface area contributed by atoms with Crippen molar-refractivity contribution in [3.63, 3.8) is 0 Å². The molecule has 0 aliphatic heterocycles. The Bertz CT molecular complexity index is 1230. The molecule has 0 atom stereocenters. The minimum atomic E-state index is -0.227. The Morgan fingerprint density at radius 1 is 0.970 bits per heavy atom. The van der Waals surface area contributed by atoms with Gasteiger partial charge in [-0.15, -0.1) is 0 Å². The van der Waals surface area contributed by atoms with Crippen molar-refractivity contribution in [3.8, 4) is 11.5 Å². The molecule has 0 unspecified atom stereocenters. The molecule has 33 heavy (non-hydrogen) atoms. The van der Waals surface area contributed by atoms with Crippen LogP contribution in [0, 0.1) is 13.8 Å². The van der Waals surface area contributed by atoms with Crippen molar-refractivity contribution in [1.29, 1.82) is 0 Å². The summed E-state index contributed by atoms with van der Waals surface area (Å²) in [7, 11) is 0. The zero-order valence-corrected chi connectivity index (χ0v) is 19.4. The third-order valence-electron chi connectivity index (χ3n) is 5.33. The van der Waals surface area contributed by atoms with E-state index >= 15 is 0 Å². The topological polar surface area (TPSA) is 65.4 Å². The Labute approximate surface area is 198 Å². The van der Waals surface area contributed by atoms with Crippen molar-refractivity contribution in [2.45, 2.75) is 26.9 Å². The Balaban J connectivity index is 1.40. The second-order valence-corrected chi connectivity index (χ2v) is 8.19. The van der Waals surface area contributed by atoms with E-state index in [1.165, 1.54) is 0 Å². The van der Waals surface area contributed by atoms with Gasteiger partial charge in [-0.25, -0.2) is 4.98 Å². The minimum absolute atomic E-state index is 0.0858. The number of para-hydroxylation sites is 3. The molecule has 3 aromatic carbocycles. The summed E-state index contributed by atoms with van der Waals surface area (Å²) in [6.07, 6.45) is 0. The van der Waals surface area contributed by atoms with Gasteiger partial charge in [0, 0.05) is 5.02 Å². The van der Waals surface area contributed by atoms with Crippen LogP contribution in [0.5, 0.6) is 11.5 Å². The first-order valence-electron chi connectivity index (χ1n) is 10.8. The molecule has 0 fully saturated rings. The van der Waals surface area contributed by atoms with Crippen LogP contribution in [0.1, 0.15) is 17.0 Å². The number of fused-ring (bicyclic) bond motifs is 1. The van der Waals surface area contributed by atoms with Crippen molar-refractivity contribution in [2.24, 2.45) is 0 Å². The summed E-state index contributed by atoms with van der Waals surface area (Å²) in [4.78, 5) is 17.0. The van der Waals surface area contributed by atoms with E-state index in [9.17, 15) is 4.79 Å². The molecular formula is C26H26ClN3O3. The van der Waals surface area contributed by atoms with E-state index in [4.69, 9.17) is 26.1 Å². The van der Waals surface area contributed by atoms with Crippen molar-refractivity contribution in [1.82, 2.24) is 14.9 Å². The maximum absolute atomic E-state index is 12.3. The number of nitrogens with one attached hydrogen (secondary N) is 1. The lowest BCUT2D eigenvalue weighted by molar-refractivity contribution is -0.123. The SMILES string of the molecule is Cc1cccc(C)c1OCCn1c(CNC(=O)COc2ccc(Cl)cc2)nc2ccccc21. The normalized spacial score (nSPS) is 10.9. The molecule has 1 N–H and O–H groups in total. The average Bonchev–Trinajstić information content (AvgIpc) is 3.17. The number of rotatable bonds is 9. The summed E-state index contributed by atoms with van der Waals surface area (Å²) in [5.74, 6) is 2.04. The highest BCUT2D eigenvalue weighted by atomic mass is 35.5. The van der Waals surface area contributed by atoms with Crippen LogP contribution in [0.15, 0.2) is 66.7 Å². The molecule has 1 amide bonds. The number of nitrogens with zero attached hydrogens (tertiary/aromatic N) is 2. The third-order valence-corrected chi connectivity index (χ3v) is 5.58. The predicted molar refractivity (Wildman–Crippen MR) is 130 cm³/mol. The highest BCUT2D eigenvalue weighted by Gasteiger charge is 2.13. The van der Waals surface area contributed by atoms with Gasteiger partial charge in [0.15, 0.2) is 6.61 Å². The van der Waals surface area contributed by atoms with E-state index in [2.05, 4.69) is 9.88 Å². The summed E-state index contributed by atoms with van der Waals surface area (Å²) in [5, 5.41) is 3.51. The van der Waals surface area contributed by atoms with Crippen molar-refractivity contribution >= 4 is 28.5 Å². The summed E-state index contributed by atoms with van der Waals surface area (Å²) in [6.45, 7) is 5.40. The fourth-order valence-electron chi connectivity index (χ4n) is 3.68. The van der Waals surface area contributed by atoms with Gasteiger partial charge in [0.2, 0.25) is 0 Å². The van der Waals surface area contributed by atoms with Gasteiger partial charge in [-0.1, -0.05) is 41.9 Å². The average molecular weight is 464 g/mol. The van der Waals surface area contributed by atoms with Gasteiger partial charge in [-0.05, 0) is 61.4 Å². The van der Waals surface area contributed by atoms with E-state index in [1.807, 2.05) is 56.3 Å². The van der Waals surface area contributed by atoms with Crippen LogP contribution in [0.25, 0.3) is 11.0 Å². The molecule has 4 rings (SSSR count). The standard InChI is InChI=1S/C26H26ClN3O3/c1-18-6-5-7-19(2)26(18)32-15-14-30-23-9-4-3-8-22(23)29-24(30)16-28-25(31)17-33-21-12-10-20(27)11-13-21/h3-13H,14-17H2,1-2H3,(H,28,31). The van der Waals surface area contributed by atoms with Crippen molar-refractivity contribution in [3.05, 3.63) is 88.7 Å². The van der Waals surface area contributed by atoms with Crippen LogP contribution in [0.4, 0.5) is 0 Å². The Morgan fingerprint density at radius 3 is 2.45 bits per heavy atom. The Kier molecular flexibility index (Phi) is 7.15. The van der Waals surface area contributed by atoms with E-state index in [0.29, 0.717) is 30.5 Å². The van der Waals surface area contributed by atoms with Gasteiger partial charge in [-0.3, -0.25) is 4.79 Å². The molecule has 4 aromatic rings. The van der Waals surface area contributed by atoms with Crippen LogP contribution >= 0.6 is 11.6 Å². The van der Waals surface area contributed by atoms with E-state index in [-0.39, 0.29) is 12.5 Å². The molecule has 0 radical (unpaired) electrons. The lowest BCUT2D eigenvalue weighted by Gasteiger charge is -2.14. The van der Waals surface area contributed by atoms with Crippen LogP contribution in [-0.2, 0) is 17.9 Å². The largest absolute Gasteiger partial charge is 0.491 e. The maximum Gasteiger partial charge on any atom is 0.258 e. The van der Waals surface area contributed by atoms with Gasteiger partial charge < -0.3 is 19.4 Å². The summed E-state index contributed by atoms with van der Waals surface area (Å²) in [6, 6.07) is 20.9. The highest BCUT2D eigenvalue weighted by Crippen LogP contribution is 2.23. The molecule has 7 heteroatoms. The molecule has 6 nitrogen and oxygen atoms in total. The highest BCUT2D eigenvalue weighted by molar-refractivity contribution is 6.30. The first-order valence-corrected chi connectivity index (χ1v) is 11.2. The second kappa shape index (κ2) is 10.4. The predicted octanol–water partition coefficient (Wildman–Crippen LogP) is 5.08. The van der Waals surface area contributed by atoms with E-state index in [0.717, 1.165) is 33.7 Å². The molecule has 170 valence electrons. The summed E-state index contributed by atoms with van der Waals surface area (Å²) < 4.78 is 13.7. The number of ether oxygens (including phenoxy) is 2. The molecule has 0 saturated heterocycles. The number of amides is 1. The maximum atomic E-state index is 12.3. The first kappa shape index (κ1) is 22.7. The van der Waals surface area contributed by atoms with Crippen LogP contribution in [-0.4, -0.2) is 28.7 Å². The number of aryl methyl sites for hydroxylation is 2. The molecule has 0 saturated carbocycles. The van der Waals surface area contributed by atoms with Crippen molar-refractivity contribution in [2.75, 3.05) is 13.2 Å². The lowest BCUT2D eigenvalue weighted by atomic mass is 10.1. The van der Waals surface area contributed by atoms with Crippen LogP contribution in [0.2, 0.25) is 5.02 Å². The molecule has 0 aliphatic carbocycles. The number of imidazole rings is 1. The van der Waals surface area contributed by atoms with E-state index in [1.54, 1.807) is 24.3 Å². The quantitative estimate of drug-likeness (QED) is 0.376. The van der Waals surface area contributed by atoms with Gasteiger partial charge in [0.25, 0.3) is 5.91 Å². The number of carbonyl (C=O) groups excluding carboxylic acids is 1. The smallest absolute Gasteiger partial charge is 0.258 e. The Hall–Kier alpha value is -3.51. The molecular weight excluding hydrogens is 438 g/mol. The van der Waals surface area contributed by atoms with E-state index < -0.39 is 0 Å². The number of hydrogen-bond donors (Lipinski definition) is 1. The molecule has 0 bridgehead atoms. The van der Waals surface area contributed by atoms with Gasteiger partial charge in [0.1, 0.15) is 23.9 Å². The van der Waals surface area contributed by atoms with Gasteiger partial charge in [-0.2, -0.15) is 0 Å². The van der Waals surface area contributed by atoms with Crippen LogP contribution < -0.4 is 14.8 Å². The summed E-state index contributed by atoms with van der Waals surface area (Å²) >= 11 is 5.87. The number of hydrogen-bond acceptors (Lipinski definition) is 4. The molecule has 1 aromatic heterocycles. The second-order valence-electron chi connectivity index (χ2n) is 7.76. The zero-order chi connectivity index (χ0) is 23.2. The summed E-state index contributed by atoms with van der Waals surface area (Å²) in [5.41, 5.74) is 4.10.